The van der Waals surface area contributed by atoms with E-state index in [4.69, 9.17) is 20.3 Å². The van der Waals surface area contributed by atoms with E-state index < -0.39 is 11.7 Å². The summed E-state index contributed by atoms with van der Waals surface area (Å²) >= 11 is 0. The fourth-order valence-corrected chi connectivity index (χ4v) is 6.40. The van der Waals surface area contributed by atoms with Crippen LogP contribution in [0.15, 0.2) is 54.9 Å². The van der Waals surface area contributed by atoms with Crippen LogP contribution in [0.3, 0.4) is 0 Å². The first-order chi connectivity index (χ1) is 22.1. The highest BCUT2D eigenvalue weighted by Crippen LogP contribution is 2.39. The molecule has 1 saturated heterocycles. The van der Waals surface area contributed by atoms with Crippen LogP contribution < -0.4 is 15.8 Å². The highest BCUT2D eigenvalue weighted by atomic mass is 16.6. The number of amides is 2. The molecule has 2 aliphatic rings. The lowest BCUT2D eigenvalue weighted by atomic mass is 9.90. The summed E-state index contributed by atoms with van der Waals surface area (Å²) in [5, 5.41) is 8.56. The van der Waals surface area contributed by atoms with Gasteiger partial charge in [0, 0.05) is 44.7 Å². The molecule has 1 aliphatic heterocycles. The quantitative estimate of drug-likeness (QED) is 0.252. The van der Waals surface area contributed by atoms with E-state index in [1.54, 1.807) is 6.92 Å². The average Bonchev–Trinajstić information content (AvgIpc) is 3.42. The third-order valence-electron chi connectivity index (χ3n) is 8.65. The smallest absolute Gasteiger partial charge is 0.413 e. The van der Waals surface area contributed by atoms with Gasteiger partial charge in [-0.05, 0) is 76.8 Å². The van der Waals surface area contributed by atoms with Crippen molar-refractivity contribution < 1.29 is 19.1 Å². The number of benzene rings is 2. The highest BCUT2D eigenvalue weighted by Gasteiger charge is 2.32. The monoisotopic (exact) mass is 626 g/mol. The second-order valence-electron chi connectivity index (χ2n) is 13.0. The minimum absolute atomic E-state index is 0.119. The molecule has 0 unspecified atom stereocenters. The molecule has 46 heavy (non-hydrogen) atoms. The molecule has 1 saturated carbocycles. The molecule has 2 aromatic carbocycles. The van der Waals surface area contributed by atoms with Gasteiger partial charge in [-0.25, -0.2) is 19.4 Å². The van der Waals surface area contributed by atoms with Gasteiger partial charge in [0.25, 0.3) is 0 Å². The van der Waals surface area contributed by atoms with Crippen molar-refractivity contribution in [1.82, 2.24) is 29.5 Å². The number of hydrogen-bond donors (Lipinski definition) is 2. The second kappa shape index (κ2) is 13.0. The largest absolute Gasteiger partial charge is 0.455 e. The van der Waals surface area contributed by atoms with Crippen LogP contribution >= 0.6 is 0 Å². The van der Waals surface area contributed by atoms with Gasteiger partial charge in [0.1, 0.15) is 29.1 Å². The molecule has 0 radical (unpaired) electrons. The molecule has 4 aromatic rings. The Hall–Kier alpha value is -4.71. The van der Waals surface area contributed by atoms with Gasteiger partial charge in [-0.2, -0.15) is 5.10 Å². The third-order valence-corrected chi connectivity index (χ3v) is 8.65. The zero-order valence-corrected chi connectivity index (χ0v) is 26.9. The van der Waals surface area contributed by atoms with Gasteiger partial charge in [0.05, 0.1) is 17.1 Å². The van der Waals surface area contributed by atoms with Gasteiger partial charge in [-0.15, -0.1) is 0 Å². The van der Waals surface area contributed by atoms with E-state index in [0.717, 1.165) is 57.4 Å². The molecule has 12 heteroatoms. The van der Waals surface area contributed by atoms with Crippen molar-refractivity contribution >= 4 is 34.5 Å². The number of hydrogen-bond acceptors (Lipinski definition) is 9. The van der Waals surface area contributed by atoms with E-state index in [9.17, 15) is 9.59 Å². The number of fused-ring (bicyclic) bond motifs is 1. The Bertz CT molecular complexity index is 1700. The predicted octanol–water partition coefficient (Wildman–Crippen LogP) is 5.86. The molecule has 0 spiro atoms. The zero-order valence-electron chi connectivity index (χ0n) is 26.9. The first-order valence-corrected chi connectivity index (χ1v) is 15.9. The number of nitrogens with zero attached hydrogens (tertiary/aromatic N) is 6. The number of anilines is 2. The predicted molar refractivity (Wildman–Crippen MR) is 177 cm³/mol. The number of rotatable bonds is 6. The molecule has 3 N–H and O–H groups in total. The maximum atomic E-state index is 12.9. The van der Waals surface area contributed by atoms with Gasteiger partial charge in [0.2, 0.25) is 5.91 Å². The molecule has 12 nitrogen and oxygen atoms in total. The summed E-state index contributed by atoms with van der Waals surface area (Å²) in [5.74, 6) is 1.68. The number of carbonyl (C=O) groups excluding carboxylic acids is 2. The van der Waals surface area contributed by atoms with Crippen LogP contribution in [0.1, 0.15) is 59.4 Å². The van der Waals surface area contributed by atoms with Crippen LogP contribution in [0.5, 0.6) is 11.5 Å². The number of piperazine rings is 1. The fraction of sp³-hybridized carbons (Fsp3) is 0.441. The highest BCUT2D eigenvalue weighted by molar-refractivity contribution is 6.03. The number of nitrogens with one attached hydrogen (secondary N) is 1. The minimum atomic E-state index is -0.677. The lowest BCUT2D eigenvalue weighted by Gasteiger charge is -2.41. The van der Waals surface area contributed by atoms with Gasteiger partial charge < -0.3 is 20.1 Å². The molecule has 0 atom stereocenters. The Morgan fingerprint density at radius 3 is 2.28 bits per heavy atom. The van der Waals surface area contributed by atoms with Gasteiger partial charge in [-0.3, -0.25) is 15.0 Å². The molecule has 0 bridgehead atoms. The molecular weight excluding hydrogens is 584 g/mol. The molecular formula is C34H42N8O4. The Kier molecular flexibility index (Phi) is 8.81. The van der Waals surface area contributed by atoms with Crippen molar-refractivity contribution in [3.63, 3.8) is 0 Å². The number of nitrogen functional groups attached to an aromatic ring is 1. The van der Waals surface area contributed by atoms with Crippen molar-refractivity contribution in [3.05, 3.63) is 54.9 Å². The van der Waals surface area contributed by atoms with Crippen LogP contribution in [-0.4, -0.2) is 79.4 Å². The van der Waals surface area contributed by atoms with Gasteiger partial charge >= 0.3 is 6.09 Å². The summed E-state index contributed by atoms with van der Waals surface area (Å²) in [7, 11) is 0. The maximum Gasteiger partial charge on any atom is 0.413 e. The normalized spacial score (nSPS) is 19.2. The summed E-state index contributed by atoms with van der Waals surface area (Å²) in [5.41, 5.74) is 8.27. The fourth-order valence-electron chi connectivity index (χ4n) is 6.40. The van der Waals surface area contributed by atoms with Crippen molar-refractivity contribution in [1.29, 1.82) is 0 Å². The first-order valence-electron chi connectivity index (χ1n) is 15.9. The summed E-state index contributed by atoms with van der Waals surface area (Å²) in [4.78, 5) is 38.2. The van der Waals surface area contributed by atoms with E-state index in [-0.39, 0.29) is 11.9 Å². The number of carbonyl (C=O) groups is 2. The minimum Gasteiger partial charge on any atom is -0.455 e. The second-order valence-corrected chi connectivity index (χ2v) is 13.0. The van der Waals surface area contributed by atoms with E-state index >= 15 is 0 Å². The van der Waals surface area contributed by atoms with Crippen LogP contribution in [-0.2, 0) is 9.53 Å². The molecule has 2 fully saturated rings. The maximum absolute atomic E-state index is 12.9. The number of nitrogens with two attached hydrogens (primary N) is 1. The molecule has 3 heterocycles. The van der Waals surface area contributed by atoms with Gasteiger partial charge in [-0.1, -0.05) is 18.2 Å². The average molecular weight is 627 g/mol. The molecule has 2 aromatic heterocycles. The lowest BCUT2D eigenvalue weighted by molar-refractivity contribution is -0.131. The Labute approximate surface area is 268 Å². The van der Waals surface area contributed by atoms with Crippen LogP contribution in [0, 0.1) is 0 Å². The standard InChI is InChI=1S/C34H42N8O4/c1-22(43)40-16-18-41(19-17-40)24-11-13-25(14-12-24)42-32-29(31(36-21-37-32)38-33(44)46-34(2,3)4)30(39-42)23-10-15-28(27(35)20-23)45-26-8-6-5-7-9-26/h5-10,15,20-21,24-25H,11-14,16-19,35H2,1-4H3,(H,36,37,38,44). The summed E-state index contributed by atoms with van der Waals surface area (Å²) in [6, 6.07) is 15.6. The number of ether oxygens (including phenoxy) is 2. The topological polar surface area (TPSA) is 141 Å². The molecule has 1 aliphatic carbocycles. The Balaban J connectivity index is 1.30. The van der Waals surface area contributed by atoms with Crippen LogP contribution in [0.2, 0.25) is 0 Å². The van der Waals surface area contributed by atoms with E-state index in [1.807, 2.05) is 78.9 Å². The molecule has 2 amide bonds. The molecule has 242 valence electrons. The van der Waals surface area contributed by atoms with E-state index in [1.165, 1.54) is 6.33 Å². The van der Waals surface area contributed by atoms with Crippen molar-refractivity contribution in [2.24, 2.45) is 0 Å². The molecule has 6 rings (SSSR count). The lowest BCUT2D eigenvalue weighted by Crippen LogP contribution is -2.52. The van der Waals surface area contributed by atoms with E-state index in [0.29, 0.717) is 45.8 Å². The van der Waals surface area contributed by atoms with Crippen LogP contribution in [0.25, 0.3) is 22.3 Å². The van der Waals surface area contributed by atoms with Crippen molar-refractivity contribution in [2.75, 3.05) is 37.2 Å². The number of aromatic nitrogens is 4. The van der Waals surface area contributed by atoms with Crippen molar-refractivity contribution in [2.45, 2.75) is 71.1 Å². The van der Waals surface area contributed by atoms with Gasteiger partial charge in [0.15, 0.2) is 11.5 Å². The van der Waals surface area contributed by atoms with Crippen molar-refractivity contribution in [3.8, 4) is 22.8 Å². The zero-order chi connectivity index (χ0) is 32.4. The number of para-hydroxylation sites is 1. The summed E-state index contributed by atoms with van der Waals surface area (Å²) in [6.07, 6.45) is 4.74. The first kappa shape index (κ1) is 31.3. The van der Waals surface area contributed by atoms with Crippen LogP contribution in [0.4, 0.5) is 16.3 Å². The third kappa shape index (κ3) is 6.91. The van der Waals surface area contributed by atoms with E-state index in [2.05, 4.69) is 20.2 Å². The summed E-state index contributed by atoms with van der Waals surface area (Å²) < 4.78 is 13.5. The Morgan fingerprint density at radius 1 is 0.935 bits per heavy atom. The Morgan fingerprint density at radius 2 is 1.63 bits per heavy atom. The SMILES string of the molecule is CC(=O)N1CCN(C2CCC(n3nc(-c4ccc(Oc5ccccc5)c(N)c4)c4c(NC(=O)OC(C)(C)C)ncnc43)CC2)CC1. The summed E-state index contributed by atoms with van der Waals surface area (Å²) in [6.45, 7) is 10.5.